The van der Waals surface area contributed by atoms with Gasteiger partial charge in [-0.1, -0.05) is 18.2 Å². The molecule has 0 unspecified atom stereocenters. The van der Waals surface area contributed by atoms with Crippen LogP contribution in [0.4, 0.5) is 5.69 Å². The summed E-state index contributed by atoms with van der Waals surface area (Å²) >= 11 is 0. The van der Waals surface area contributed by atoms with Crippen LogP contribution in [0.15, 0.2) is 54.6 Å². The zero-order valence-corrected chi connectivity index (χ0v) is 20.7. The van der Waals surface area contributed by atoms with Gasteiger partial charge in [0.25, 0.3) is 0 Å². The van der Waals surface area contributed by atoms with Gasteiger partial charge < -0.3 is 14.5 Å². The molecule has 34 heavy (non-hydrogen) atoms. The van der Waals surface area contributed by atoms with Crippen LogP contribution in [0.5, 0.6) is 5.75 Å². The van der Waals surface area contributed by atoms with E-state index in [9.17, 15) is 0 Å². The number of likely N-dealkylation sites (tertiary alicyclic amines) is 1. The van der Waals surface area contributed by atoms with Gasteiger partial charge in [0.2, 0.25) is 0 Å². The number of pyridine rings is 1. The van der Waals surface area contributed by atoms with Crippen molar-refractivity contribution in [2.75, 3.05) is 64.4 Å². The Balaban J connectivity index is 1.08. The molecular weight excluding hydrogens is 420 g/mol. The summed E-state index contributed by atoms with van der Waals surface area (Å²) in [4.78, 5) is 12.1. The highest BCUT2D eigenvalue weighted by Gasteiger charge is 2.20. The highest BCUT2D eigenvalue weighted by atomic mass is 16.5. The van der Waals surface area contributed by atoms with Crippen molar-refractivity contribution in [2.45, 2.75) is 26.2 Å². The molecule has 5 nitrogen and oxygen atoms in total. The first kappa shape index (κ1) is 23.1. The summed E-state index contributed by atoms with van der Waals surface area (Å²) in [6, 6.07) is 19.6. The fraction of sp³-hybridized carbons (Fsp3) is 0.483. The van der Waals surface area contributed by atoms with Crippen LogP contribution in [0.2, 0.25) is 0 Å². The molecule has 0 N–H and O–H groups in total. The Morgan fingerprint density at radius 2 is 1.71 bits per heavy atom. The minimum atomic E-state index is 0.727. The maximum Gasteiger partial charge on any atom is 0.128 e. The summed E-state index contributed by atoms with van der Waals surface area (Å²) in [6.07, 6.45) is 3.75. The van der Waals surface area contributed by atoms with Crippen LogP contribution in [-0.2, 0) is 6.42 Å². The van der Waals surface area contributed by atoms with Crippen molar-refractivity contribution in [3.05, 3.63) is 65.9 Å². The van der Waals surface area contributed by atoms with Crippen molar-refractivity contribution >= 4 is 16.6 Å². The molecule has 0 aliphatic carbocycles. The first-order valence-electron chi connectivity index (χ1n) is 12.9. The quantitative estimate of drug-likeness (QED) is 0.515. The van der Waals surface area contributed by atoms with E-state index in [0.29, 0.717) is 0 Å². The molecule has 0 saturated carbocycles. The van der Waals surface area contributed by atoms with Crippen molar-refractivity contribution in [2.24, 2.45) is 5.92 Å². The summed E-state index contributed by atoms with van der Waals surface area (Å²) in [7, 11) is 2.22. The number of hydrogen-bond acceptors (Lipinski definition) is 5. The first-order chi connectivity index (χ1) is 16.6. The maximum atomic E-state index is 6.17. The van der Waals surface area contributed by atoms with Crippen LogP contribution in [0.1, 0.15) is 24.1 Å². The van der Waals surface area contributed by atoms with Gasteiger partial charge in [-0.25, -0.2) is 0 Å². The molecule has 2 saturated heterocycles. The zero-order chi connectivity index (χ0) is 23.3. The first-order valence-corrected chi connectivity index (χ1v) is 12.9. The SMILES string of the molecule is Cc1ccc2c(OCCN3CCC(Cc4cccc(N5CCN(C)CC5)c4)CC3)cccc2n1. The second kappa shape index (κ2) is 10.7. The monoisotopic (exact) mass is 458 g/mol. The van der Waals surface area contributed by atoms with E-state index in [2.05, 4.69) is 75.3 Å². The van der Waals surface area contributed by atoms with Crippen LogP contribution < -0.4 is 9.64 Å². The van der Waals surface area contributed by atoms with E-state index in [1.807, 2.05) is 13.0 Å². The van der Waals surface area contributed by atoms with Crippen LogP contribution in [0, 0.1) is 12.8 Å². The average Bonchev–Trinajstić information content (AvgIpc) is 2.86. The molecular formula is C29H38N4O. The molecule has 3 heterocycles. The predicted molar refractivity (Wildman–Crippen MR) is 141 cm³/mol. The molecule has 1 aromatic heterocycles. The molecule has 2 fully saturated rings. The summed E-state index contributed by atoms with van der Waals surface area (Å²) in [5.41, 5.74) is 4.95. The molecule has 0 radical (unpaired) electrons. The third kappa shape index (κ3) is 5.70. The van der Waals surface area contributed by atoms with E-state index in [-0.39, 0.29) is 0 Å². The number of ether oxygens (including phenoxy) is 1. The Morgan fingerprint density at radius 1 is 0.912 bits per heavy atom. The molecule has 5 heteroatoms. The normalized spacial score (nSPS) is 18.5. The van der Waals surface area contributed by atoms with Crippen LogP contribution >= 0.6 is 0 Å². The van der Waals surface area contributed by atoms with Gasteiger partial charge in [0.15, 0.2) is 0 Å². The lowest BCUT2D eigenvalue weighted by atomic mass is 9.90. The van der Waals surface area contributed by atoms with Gasteiger partial charge in [-0.3, -0.25) is 9.88 Å². The van der Waals surface area contributed by atoms with Crippen LogP contribution in [0.3, 0.4) is 0 Å². The predicted octanol–water partition coefficient (Wildman–Crippen LogP) is 4.63. The van der Waals surface area contributed by atoms with E-state index < -0.39 is 0 Å². The molecule has 3 aromatic rings. The number of hydrogen-bond donors (Lipinski definition) is 0. The second-order valence-electron chi connectivity index (χ2n) is 10.1. The highest BCUT2D eigenvalue weighted by molar-refractivity contribution is 5.85. The van der Waals surface area contributed by atoms with Crippen molar-refractivity contribution in [3.63, 3.8) is 0 Å². The van der Waals surface area contributed by atoms with E-state index in [0.717, 1.165) is 67.6 Å². The van der Waals surface area contributed by atoms with Crippen molar-refractivity contribution < 1.29 is 4.74 Å². The topological polar surface area (TPSA) is 31.8 Å². The number of aryl methyl sites for hydroxylation is 1. The number of benzene rings is 2. The second-order valence-corrected chi connectivity index (χ2v) is 10.1. The van der Waals surface area contributed by atoms with E-state index in [1.165, 1.54) is 43.6 Å². The van der Waals surface area contributed by atoms with E-state index >= 15 is 0 Å². The molecule has 0 spiro atoms. The maximum absolute atomic E-state index is 6.17. The number of anilines is 1. The number of fused-ring (bicyclic) bond motifs is 1. The molecule has 5 rings (SSSR count). The largest absolute Gasteiger partial charge is 0.492 e. The fourth-order valence-electron chi connectivity index (χ4n) is 5.33. The zero-order valence-electron chi connectivity index (χ0n) is 20.7. The van der Waals surface area contributed by atoms with Gasteiger partial charge in [-0.2, -0.15) is 0 Å². The molecule has 0 atom stereocenters. The third-order valence-corrected chi connectivity index (χ3v) is 7.51. The summed E-state index contributed by atoms with van der Waals surface area (Å²) < 4.78 is 6.17. The molecule has 2 aliphatic rings. The van der Waals surface area contributed by atoms with Crippen molar-refractivity contribution in [3.8, 4) is 5.75 Å². The summed E-state index contributed by atoms with van der Waals surface area (Å²) in [5.74, 6) is 1.73. The number of piperidine rings is 1. The van der Waals surface area contributed by atoms with E-state index in [1.54, 1.807) is 0 Å². The lowest BCUT2D eigenvalue weighted by molar-refractivity contribution is 0.155. The molecule has 2 aliphatic heterocycles. The van der Waals surface area contributed by atoms with Gasteiger partial charge in [-0.05, 0) is 94.2 Å². The lowest BCUT2D eigenvalue weighted by Gasteiger charge is -2.34. The highest BCUT2D eigenvalue weighted by Crippen LogP contribution is 2.26. The number of rotatable bonds is 7. The van der Waals surface area contributed by atoms with Gasteiger partial charge >= 0.3 is 0 Å². The molecule has 2 aromatic carbocycles. The average molecular weight is 459 g/mol. The number of nitrogens with zero attached hydrogens (tertiary/aromatic N) is 4. The Morgan fingerprint density at radius 3 is 2.53 bits per heavy atom. The van der Waals surface area contributed by atoms with Crippen LogP contribution in [-0.4, -0.2) is 74.3 Å². The summed E-state index contributed by atoms with van der Waals surface area (Å²) in [6.45, 7) is 10.7. The Labute approximate surface area is 204 Å². The standard InChI is InChI=1S/C29H38N4O/c1-23-9-10-27-28(30-23)7-4-8-29(27)34-20-19-32-13-11-24(12-14-32)21-25-5-3-6-26(22-25)33-17-15-31(2)16-18-33/h3-10,22,24H,11-21H2,1-2H3. The van der Waals surface area contributed by atoms with Crippen molar-refractivity contribution in [1.82, 2.24) is 14.8 Å². The van der Waals surface area contributed by atoms with Crippen LogP contribution in [0.25, 0.3) is 10.9 Å². The van der Waals surface area contributed by atoms with Crippen molar-refractivity contribution in [1.29, 1.82) is 0 Å². The number of piperazine rings is 1. The van der Waals surface area contributed by atoms with E-state index in [4.69, 9.17) is 4.74 Å². The van der Waals surface area contributed by atoms with Gasteiger partial charge in [0, 0.05) is 49.5 Å². The molecule has 180 valence electrons. The smallest absolute Gasteiger partial charge is 0.128 e. The fourth-order valence-corrected chi connectivity index (χ4v) is 5.33. The molecule has 0 amide bonds. The number of likely N-dealkylation sites (N-methyl/N-ethyl adjacent to an activating group) is 1. The summed E-state index contributed by atoms with van der Waals surface area (Å²) in [5, 5.41) is 1.10. The minimum Gasteiger partial charge on any atom is -0.492 e. The Bertz CT molecular complexity index is 1080. The Kier molecular flexibility index (Phi) is 7.31. The van der Waals surface area contributed by atoms with Gasteiger partial charge in [-0.15, -0.1) is 0 Å². The number of aromatic nitrogens is 1. The minimum absolute atomic E-state index is 0.727. The van der Waals surface area contributed by atoms with Gasteiger partial charge in [0.1, 0.15) is 12.4 Å². The third-order valence-electron chi connectivity index (χ3n) is 7.51. The Hall–Kier alpha value is -2.63. The van der Waals surface area contributed by atoms with Gasteiger partial charge in [0.05, 0.1) is 5.52 Å². The molecule has 0 bridgehead atoms. The lowest BCUT2D eigenvalue weighted by Crippen LogP contribution is -2.44.